The van der Waals surface area contributed by atoms with Crippen molar-refractivity contribution in [2.75, 3.05) is 6.54 Å². The van der Waals surface area contributed by atoms with Crippen LogP contribution in [0.25, 0.3) is 10.6 Å². The lowest BCUT2D eigenvalue weighted by Gasteiger charge is -2.05. The largest absolute Gasteiger partial charge is 0.314 e. The Kier molecular flexibility index (Phi) is 4.55. The third kappa shape index (κ3) is 3.54. The van der Waals surface area contributed by atoms with Crippen LogP contribution in [0.3, 0.4) is 0 Å². The van der Waals surface area contributed by atoms with E-state index in [0.29, 0.717) is 11.0 Å². The highest BCUT2D eigenvalue weighted by Crippen LogP contribution is 2.27. The van der Waals surface area contributed by atoms with Crippen LogP contribution in [0.4, 0.5) is 8.78 Å². The molecule has 1 aromatic heterocycles. The Bertz CT molecular complexity index is 555. The van der Waals surface area contributed by atoms with Crippen molar-refractivity contribution >= 4 is 11.3 Å². The summed E-state index contributed by atoms with van der Waals surface area (Å²) >= 11 is 1.29. The highest BCUT2D eigenvalue weighted by molar-refractivity contribution is 7.14. The molecule has 2 aromatic rings. The molecule has 0 fully saturated rings. The Labute approximate surface area is 114 Å². The molecule has 6 heteroatoms. The lowest BCUT2D eigenvalue weighted by atomic mass is 10.2. The number of aromatic nitrogens is 2. The van der Waals surface area contributed by atoms with Crippen LogP contribution in [-0.4, -0.2) is 22.8 Å². The second-order valence-corrected chi connectivity index (χ2v) is 5.52. The molecule has 0 atom stereocenters. The van der Waals surface area contributed by atoms with Crippen molar-refractivity contribution in [3.8, 4) is 10.6 Å². The summed E-state index contributed by atoms with van der Waals surface area (Å²) in [6, 6.07) is 4.48. The molecule has 0 aliphatic carbocycles. The summed E-state index contributed by atoms with van der Waals surface area (Å²) in [6.45, 7) is 4.92. The Hall–Kier alpha value is -1.40. The molecular weight excluding hydrogens is 268 g/mol. The summed E-state index contributed by atoms with van der Waals surface area (Å²) < 4.78 is 26.7. The van der Waals surface area contributed by atoms with Crippen molar-refractivity contribution in [1.82, 2.24) is 15.5 Å². The van der Waals surface area contributed by atoms with Gasteiger partial charge in [0.15, 0.2) is 16.6 Å². The topological polar surface area (TPSA) is 37.8 Å². The third-order valence-electron chi connectivity index (χ3n) is 2.54. The van der Waals surface area contributed by atoms with Crippen LogP contribution in [0.1, 0.15) is 18.9 Å². The Morgan fingerprint density at radius 1 is 1.26 bits per heavy atom. The standard InChI is InChI=1S/C13H15F2N3S/c1-8(2)16-7-6-11-17-18-13(19-11)9-4-3-5-10(14)12(9)15/h3-5,8,16H,6-7H2,1-2H3. The second-order valence-electron chi connectivity index (χ2n) is 4.46. The SMILES string of the molecule is CC(C)NCCc1nnc(-c2cccc(F)c2F)s1. The van der Waals surface area contributed by atoms with Crippen LogP contribution < -0.4 is 5.32 Å². The molecule has 1 N–H and O–H groups in total. The molecule has 2 rings (SSSR count). The fourth-order valence-corrected chi connectivity index (χ4v) is 2.46. The number of halogens is 2. The third-order valence-corrected chi connectivity index (χ3v) is 3.56. The normalized spacial score (nSPS) is 11.2. The van der Waals surface area contributed by atoms with Crippen molar-refractivity contribution in [1.29, 1.82) is 0 Å². The zero-order valence-electron chi connectivity index (χ0n) is 10.8. The fourth-order valence-electron chi connectivity index (χ4n) is 1.60. The van der Waals surface area contributed by atoms with Gasteiger partial charge in [-0.05, 0) is 12.1 Å². The lowest BCUT2D eigenvalue weighted by molar-refractivity contribution is 0.511. The first-order valence-electron chi connectivity index (χ1n) is 6.08. The van der Waals surface area contributed by atoms with Gasteiger partial charge in [0, 0.05) is 19.0 Å². The first-order valence-corrected chi connectivity index (χ1v) is 6.89. The van der Waals surface area contributed by atoms with E-state index in [1.807, 2.05) is 0 Å². The van der Waals surface area contributed by atoms with Crippen LogP contribution >= 0.6 is 11.3 Å². The van der Waals surface area contributed by atoms with E-state index in [0.717, 1.165) is 24.0 Å². The van der Waals surface area contributed by atoms with E-state index in [1.54, 1.807) is 0 Å². The van der Waals surface area contributed by atoms with E-state index in [9.17, 15) is 8.78 Å². The van der Waals surface area contributed by atoms with Gasteiger partial charge in [-0.1, -0.05) is 31.3 Å². The molecule has 0 aliphatic heterocycles. The second kappa shape index (κ2) is 6.16. The van der Waals surface area contributed by atoms with E-state index < -0.39 is 11.6 Å². The van der Waals surface area contributed by atoms with Crippen molar-refractivity contribution in [2.24, 2.45) is 0 Å². The summed E-state index contributed by atoms with van der Waals surface area (Å²) in [5.74, 6) is -1.73. The number of benzene rings is 1. The van der Waals surface area contributed by atoms with Gasteiger partial charge in [-0.25, -0.2) is 8.78 Å². The van der Waals surface area contributed by atoms with Gasteiger partial charge in [0.25, 0.3) is 0 Å². The maximum atomic E-state index is 13.6. The molecule has 1 heterocycles. The van der Waals surface area contributed by atoms with E-state index in [1.165, 1.54) is 23.5 Å². The molecule has 1 aromatic carbocycles. The predicted molar refractivity (Wildman–Crippen MR) is 72.1 cm³/mol. The zero-order chi connectivity index (χ0) is 13.8. The predicted octanol–water partition coefficient (Wildman–Crippen LogP) is 3.02. The minimum atomic E-state index is -0.870. The molecule has 0 bridgehead atoms. The molecule has 0 saturated carbocycles. The summed E-state index contributed by atoms with van der Waals surface area (Å²) in [4.78, 5) is 0. The minimum Gasteiger partial charge on any atom is -0.314 e. The molecule has 102 valence electrons. The van der Waals surface area contributed by atoms with Gasteiger partial charge >= 0.3 is 0 Å². The maximum absolute atomic E-state index is 13.6. The minimum absolute atomic E-state index is 0.167. The van der Waals surface area contributed by atoms with Crippen LogP contribution in [0, 0.1) is 11.6 Å². The molecule has 0 spiro atoms. The average molecular weight is 283 g/mol. The first kappa shape index (κ1) is 14.0. The highest BCUT2D eigenvalue weighted by atomic mass is 32.1. The van der Waals surface area contributed by atoms with Crippen molar-refractivity contribution < 1.29 is 8.78 Å². The van der Waals surface area contributed by atoms with Gasteiger partial charge in [0.2, 0.25) is 0 Å². The molecule has 0 aliphatic rings. The van der Waals surface area contributed by atoms with Gasteiger partial charge in [0.05, 0.1) is 5.56 Å². The molecule has 3 nitrogen and oxygen atoms in total. The van der Waals surface area contributed by atoms with Gasteiger partial charge < -0.3 is 5.32 Å². The first-order chi connectivity index (χ1) is 9.08. The highest BCUT2D eigenvalue weighted by Gasteiger charge is 2.14. The smallest absolute Gasteiger partial charge is 0.169 e. The monoisotopic (exact) mass is 283 g/mol. The molecular formula is C13H15F2N3S. The summed E-state index contributed by atoms with van der Waals surface area (Å²) in [6.07, 6.45) is 0.729. The van der Waals surface area contributed by atoms with Crippen molar-refractivity contribution in [2.45, 2.75) is 26.3 Å². The average Bonchev–Trinajstić information content (AvgIpc) is 2.81. The Morgan fingerprint density at radius 3 is 2.79 bits per heavy atom. The van der Waals surface area contributed by atoms with E-state index >= 15 is 0 Å². The number of rotatable bonds is 5. The van der Waals surface area contributed by atoms with E-state index in [2.05, 4.69) is 29.4 Å². The Balaban J connectivity index is 2.10. The molecule has 0 unspecified atom stereocenters. The fraction of sp³-hybridized carbons (Fsp3) is 0.385. The van der Waals surface area contributed by atoms with Crippen LogP contribution in [0.15, 0.2) is 18.2 Å². The summed E-state index contributed by atoms with van der Waals surface area (Å²) in [5, 5.41) is 12.4. The number of nitrogens with zero attached hydrogens (tertiary/aromatic N) is 2. The van der Waals surface area contributed by atoms with Crippen molar-refractivity contribution in [3.05, 3.63) is 34.8 Å². The molecule has 0 amide bonds. The molecule has 0 saturated heterocycles. The number of hydrogen-bond acceptors (Lipinski definition) is 4. The van der Waals surface area contributed by atoms with Crippen LogP contribution in [0.2, 0.25) is 0 Å². The van der Waals surface area contributed by atoms with Gasteiger partial charge in [0.1, 0.15) is 5.01 Å². The van der Waals surface area contributed by atoms with Gasteiger partial charge in [-0.15, -0.1) is 10.2 Å². The van der Waals surface area contributed by atoms with E-state index in [-0.39, 0.29) is 5.56 Å². The van der Waals surface area contributed by atoms with Crippen LogP contribution in [-0.2, 0) is 6.42 Å². The number of nitrogens with one attached hydrogen (secondary N) is 1. The summed E-state index contributed by atoms with van der Waals surface area (Å²) in [7, 11) is 0. The lowest BCUT2D eigenvalue weighted by Crippen LogP contribution is -2.24. The summed E-state index contributed by atoms with van der Waals surface area (Å²) in [5.41, 5.74) is 0.167. The molecule has 19 heavy (non-hydrogen) atoms. The number of hydrogen-bond donors (Lipinski definition) is 1. The quantitative estimate of drug-likeness (QED) is 0.916. The van der Waals surface area contributed by atoms with Crippen molar-refractivity contribution in [3.63, 3.8) is 0 Å². The van der Waals surface area contributed by atoms with Gasteiger partial charge in [-0.3, -0.25) is 0 Å². The van der Waals surface area contributed by atoms with Gasteiger partial charge in [-0.2, -0.15) is 0 Å². The van der Waals surface area contributed by atoms with Crippen LogP contribution in [0.5, 0.6) is 0 Å². The molecule has 0 radical (unpaired) electrons. The zero-order valence-corrected chi connectivity index (χ0v) is 11.6. The maximum Gasteiger partial charge on any atom is 0.169 e. The van der Waals surface area contributed by atoms with E-state index in [4.69, 9.17) is 0 Å². The Morgan fingerprint density at radius 2 is 2.05 bits per heavy atom.